The quantitative estimate of drug-likeness (QED) is 0.0178. The van der Waals surface area contributed by atoms with E-state index in [1.54, 1.807) is 62.2 Å². The molecule has 0 aromatic heterocycles. The highest BCUT2D eigenvalue weighted by molar-refractivity contribution is 5.62. The molecule has 0 radical (unpaired) electrons. The van der Waals surface area contributed by atoms with Gasteiger partial charge in [0.2, 0.25) is 0 Å². The van der Waals surface area contributed by atoms with Gasteiger partial charge in [0.05, 0.1) is 56.5 Å². The summed E-state index contributed by atoms with van der Waals surface area (Å²) in [5.41, 5.74) is 11.1. The first-order valence-electron chi connectivity index (χ1n) is 47.8. The fourth-order valence-electron chi connectivity index (χ4n) is 16.0. The molecule has 0 saturated carbocycles. The third kappa shape index (κ3) is 37.8. The minimum Gasteiger partial charge on any atom is -0.491 e. The molecule has 8 heterocycles. The molecule has 34 heteroatoms. The van der Waals surface area contributed by atoms with Gasteiger partial charge in [-0.05, 0) is 185 Å². The Bertz CT molecular complexity index is 4540. The Morgan fingerprint density at radius 3 is 1.16 bits per heavy atom. The fourth-order valence-corrected chi connectivity index (χ4v) is 16.0. The number of alkyl halides is 6. The van der Waals surface area contributed by atoms with Gasteiger partial charge in [0.15, 0.2) is 11.5 Å². The second-order valence-corrected chi connectivity index (χ2v) is 33.8. The maximum atomic E-state index is 13.6. The molecule has 16 rings (SSSR count). The van der Waals surface area contributed by atoms with Crippen molar-refractivity contribution in [2.75, 3.05) is 348 Å². The lowest BCUT2D eigenvalue weighted by molar-refractivity contribution is -0.138. The molecular weight excluding hydrogens is 1760 g/mol. The monoisotopic (exact) mass is 1910 g/mol. The molecule has 25 nitrogen and oxygen atoms in total. The molecule has 8 aliphatic heterocycles. The Morgan fingerprint density at radius 2 is 0.721 bits per heavy atom. The summed E-state index contributed by atoms with van der Waals surface area (Å²) in [5, 5.41) is 26.0. The molecule has 136 heavy (non-hydrogen) atoms. The van der Waals surface area contributed by atoms with E-state index in [0.29, 0.717) is 77.9 Å². The molecular formula is C102H148F9N17O8. The number of nitrogens with zero attached hydrogens (tertiary/aromatic N) is 9. The molecule has 8 fully saturated rings. The van der Waals surface area contributed by atoms with Crippen LogP contribution in [0.3, 0.4) is 0 Å². The molecule has 0 atom stereocenters. The molecule has 8 aromatic carbocycles. The average Bonchev–Trinajstić information content (AvgIpc) is 0.712. The number of ether oxygens (including phenoxy) is 8. The minimum atomic E-state index is -4.43. The van der Waals surface area contributed by atoms with Crippen LogP contribution in [0.15, 0.2) is 158 Å². The van der Waals surface area contributed by atoms with Crippen molar-refractivity contribution in [3.63, 3.8) is 0 Å². The van der Waals surface area contributed by atoms with Crippen LogP contribution >= 0.6 is 0 Å². The third-order valence-electron chi connectivity index (χ3n) is 23.7. The van der Waals surface area contributed by atoms with E-state index in [1.807, 2.05) is 50.2 Å². The predicted molar refractivity (Wildman–Crippen MR) is 534 cm³/mol. The zero-order valence-electron chi connectivity index (χ0n) is 81.4. The van der Waals surface area contributed by atoms with Crippen molar-refractivity contribution >= 4 is 51.2 Å². The minimum absolute atomic E-state index is 0.105. The van der Waals surface area contributed by atoms with E-state index < -0.39 is 23.5 Å². The standard InChI is InChI=1S/C16H26N2O3.C14H19F3N2O2.C14H21F3N2O2.C14H21N3O.3C11H15FN2.C11H16N2/c1-3-10-20-16-13-14(18-8-6-17-7-9-18)4-5-15(16)21-12-11-19-2;1-20-8-9-21-11-2-3-13(12(10-11)14(15,16)17)19-6-4-18-5-7-19;1-18-6-7-19(2)13-5-4-11(21-9-8-20-3)10-12(13)14(15,16)17;1-3-14(17-9-11-18-12-10-17)4-2-13(1)16-7-5-15-6-8-16;1-9-8-10(12)2-3-11(9)14-6-4-13-5-7-14;1-9-2-3-10(8-11(9)12)14-6-4-13-5-7-14;1-9-2-3-11(10(12)8-9)14-6-4-13-5-7-14;1-10-2-4-11(5-3-10)13-8-6-12-7-9-13/h4-5,13,17H,3,6-12H2,1-2H3;2-3,10,18H,4-9H2,1H3;4-5,10,18H,6-9H2,1-3H3;1-4,15H,5-12H2;3*2-3,8,13H,4-7H2,1H3;2-5,12H,6-9H2,1H3. The van der Waals surface area contributed by atoms with Crippen LogP contribution in [0.25, 0.3) is 0 Å². The maximum absolute atomic E-state index is 13.6. The number of piperazine rings is 7. The van der Waals surface area contributed by atoms with Crippen LogP contribution in [0.5, 0.6) is 23.0 Å². The van der Waals surface area contributed by atoms with Crippen molar-refractivity contribution in [3.8, 4) is 23.0 Å². The van der Waals surface area contributed by atoms with Gasteiger partial charge in [-0.15, -0.1) is 0 Å². The lowest BCUT2D eigenvalue weighted by Gasteiger charge is -2.31. The summed E-state index contributed by atoms with van der Waals surface area (Å²) in [4.78, 5) is 19.5. The summed E-state index contributed by atoms with van der Waals surface area (Å²) in [7, 11) is 8.08. The highest BCUT2D eigenvalue weighted by atomic mass is 19.4. The van der Waals surface area contributed by atoms with E-state index in [9.17, 15) is 39.5 Å². The van der Waals surface area contributed by atoms with Crippen LogP contribution in [0.2, 0.25) is 0 Å². The van der Waals surface area contributed by atoms with Crippen molar-refractivity contribution in [1.82, 2.24) is 42.5 Å². The molecule has 0 aliphatic carbocycles. The Balaban J connectivity index is 0.000000175. The fraction of sp³-hybridized carbons (Fsp3) is 0.529. The third-order valence-corrected chi connectivity index (χ3v) is 23.7. The molecule has 752 valence electrons. The van der Waals surface area contributed by atoms with Gasteiger partial charge in [0.1, 0.15) is 48.8 Å². The SMILES string of the molecule is CCCOc1cc(N2CCNCC2)ccc1OCCOC.CNCCN(C)c1ccc(OCCOC)cc1C(F)(F)F.COCCOc1ccc(N2CCNCC2)c(C(F)(F)F)c1.Cc1cc(F)ccc1N1CCNCC1.Cc1ccc(N2CCNCC2)c(F)c1.Cc1ccc(N2CCNCC2)cc1.Cc1ccc(N2CCNCC2)cc1F.c1cc(N2CCOCC2)ccc1N1CCNCC1. The first-order chi connectivity index (χ1) is 65.9. The maximum Gasteiger partial charge on any atom is 0.418 e. The summed E-state index contributed by atoms with van der Waals surface area (Å²) >= 11 is 0. The summed E-state index contributed by atoms with van der Waals surface area (Å²) in [6, 6.07) is 47.9. The van der Waals surface area contributed by atoms with Crippen molar-refractivity contribution in [2.24, 2.45) is 0 Å². The van der Waals surface area contributed by atoms with Crippen LogP contribution in [-0.2, 0) is 31.3 Å². The molecule has 8 saturated heterocycles. The summed E-state index contributed by atoms with van der Waals surface area (Å²) in [5.74, 6) is 1.64. The van der Waals surface area contributed by atoms with Crippen LogP contribution < -0.4 is 106 Å². The van der Waals surface area contributed by atoms with E-state index in [0.717, 1.165) is 242 Å². The Kier molecular flexibility index (Phi) is 48.4. The summed E-state index contributed by atoms with van der Waals surface area (Å²) in [6.07, 6.45) is -7.85. The number of morpholine rings is 1. The van der Waals surface area contributed by atoms with E-state index >= 15 is 0 Å². The van der Waals surface area contributed by atoms with Gasteiger partial charge in [-0.1, -0.05) is 36.8 Å². The van der Waals surface area contributed by atoms with Crippen molar-refractivity contribution in [3.05, 3.63) is 209 Å². The van der Waals surface area contributed by atoms with Gasteiger partial charge in [0, 0.05) is 289 Å². The van der Waals surface area contributed by atoms with Crippen LogP contribution in [0.1, 0.15) is 46.7 Å². The molecule has 0 unspecified atom stereocenters. The number of likely N-dealkylation sites (N-methyl/N-ethyl adjacent to an activating group) is 2. The molecule has 8 aliphatic rings. The lowest BCUT2D eigenvalue weighted by Crippen LogP contribution is -2.44. The van der Waals surface area contributed by atoms with Crippen LogP contribution in [0, 0.1) is 45.1 Å². The first kappa shape index (κ1) is 110. The normalized spacial score (nSPS) is 16.3. The number of anilines is 9. The first-order valence-corrected chi connectivity index (χ1v) is 47.8. The summed E-state index contributed by atoms with van der Waals surface area (Å²) < 4.78 is 161. The topological polar surface area (TPSA) is 199 Å². The Morgan fingerprint density at radius 1 is 0.346 bits per heavy atom. The number of hydrogen-bond acceptors (Lipinski definition) is 25. The number of nitrogens with one attached hydrogen (secondary N) is 8. The van der Waals surface area contributed by atoms with Gasteiger partial charge in [-0.2, -0.15) is 26.3 Å². The number of rotatable bonds is 27. The van der Waals surface area contributed by atoms with E-state index in [4.69, 9.17) is 37.9 Å². The van der Waals surface area contributed by atoms with Crippen LogP contribution in [0.4, 0.5) is 90.7 Å². The highest BCUT2D eigenvalue weighted by Crippen LogP contribution is 2.41. The van der Waals surface area contributed by atoms with E-state index in [1.165, 1.54) is 66.8 Å². The molecule has 8 aromatic rings. The van der Waals surface area contributed by atoms with Crippen LogP contribution in [-0.4, -0.2) is 304 Å². The predicted octanol–water partition coefficient (Wildman–Crippen LogP) is 13.4. The number of benzene rings is 8. The van der Waals surface area contributed by atoms with Crippen molar-refractivity contribution in [1.29, 1.82) is 0 Å². The van der Waals surface area contributed by atoms with Gasteiger partial charge in [-0.25, -0.2) is 13.2 Å². The molecule has 0 spiro atoms. The number of halogens is 9. The van der Waals surface area contributed by atoms with E-state index in [-0.39, 0.29) is 53.5 Å². The second kappa shape index (κ2) is 60.0. The van der Waals surface area contributed by atoms with Gasteiger partial charge in [-0.3, -0.25) is 0 Å². The Labute approximate surface area is 800 Å². The highest BCUT2D eigenvalue weighted by Gasteiger charge is 2.37. The van der Waals surface area contributed by atoms with Gasteiger partial charge in [0.25, 0.3) is 0 Å². The second-order valence-electron chi connectivity index (χ2n) is 33.8. The average molecular weight is 1910 g/mol. The van der Waals surface area contributed by atoms with Gasteiger partial charge >= 0.3 is 12.4 Å². The summed E-state index contributed by atoms with van der Waals surface area (Å²) in [6.45, 7) is 44.6. The van der Waals surface area contributed by atoms with E-state index in [2.05, 4.69) is 151 Å². The Hall–Kier alpha value is -9.95. The van der Waals surface area contributed by atoms with Crippen molar-refractivity contribution < 1.29 is 77.4 Å². The smallest absolute Gasteiger partial charge is 0.418 e. The number of methoxy groups -OCH3 is 3. The molecule has 0 amide bonds. The molecule has 8 N–H and O–H groups in total. The number of hydrogen-bond donors (Lipinski definition) is 8. The van der Waals surface area contributed by atoms with Gasteiger partial charge < -0.3 is 125 Å². The largest absolute Gasteiger partial charge is 0.491 e. The zero-order chi connectivity index (χ0) is 97.3. The lowest BCUT2D eigenvalue weighted by atomic mass is 10.1. The molecule has 0 bridgehead atoms. The van der Waals surface area contributed by atoms with Crippen molar-refractivity contribution in [2.45, 2.75) is 53.4 Å². The number of aryl methyl sites for hydroxylation is 4. The zero-order valence-corrected chi connectivity index (χ0v) is 81.4.